The lowest BCUT2D eigenvalue weighted by Gasteiger charge is -2.42. The fourth-order valence-corrected chi connectivity index (χ4v) is 9.85. The summed E-state index contributed by atoms with van der Waals surface area (Å²) in [7, 11) is 1.82. The third-order valence-electron chi connectivity index (χ3n) is 11.2. The van der Waals surface area contributed by atoms with Crippen LogP contribution in [-0.4, -0.2) is 105 Å². The number of pyridine rings is 1. The molecule has 0 radical (unpaired) electrons. The number of thiophene rings is 1. The summed E-state index contributed by atoms with van der Waals surface area (Å²) in [5.74, 6) is -1.17. The SMILES string of the molecule is CC(Oc1nc(N2C3CCC2CN(C(=O)OC(C)(C)C)C3)c2c3c(c(-c4ncc(F)c5sc(NC(=O)OC(C)(C)C)c(C#N)c45)c(F)c2n1)COC3)[C@@H]1C[C@@H](F)CN1C. The van der Waals surface area contributed by atoms with Gasteiger partial charge in [-0.25, -0.2) is 22.8 Å². The van der Waals surface area contributed by atoms with Crippen molar-refractivity contribution in [2.24, 2.45) is 0 Å². The summed E-state index contributed by atoms with van der Waals surface area (Å²) < 4.78 is 71.4. The molecule has 1 aromatic carbocycles. The monoisotopic (exact) mass is 836 g/mol. The van der Waals surface area contributed by atoms with Crippen LogP contribution in [0, 0.1) is 23.0 Å². The Hall–Kier alpha value is -4.99. The van der Waals surface area contributed by atoms with Gasteiger partial charge in [0.1, 0.15) is 45.9 Å². The van der Waals surface area contributed by atoms with E-state index in [4.69, 9.17) is 28.9 Å². The summed E-state index contributed by atoms with van der Waals surface area (Å²) >= 11 is 0.813. The molecule has 18 heteroatoms. The molecule has 5 atom stereocenters. The summed E-state index contributed by atoms with van der Waals surface area (Å²) in [6.45, 7) is 13.3. The number of nitrogens with zero attached hydrogens (tertiary/aromatic N) is 7. The van der Waals surface area contributed by atoms with Gasteiger partial charge in [0.05, 0.1) is 40.8 Å². The van der Waals surface area contributed by atoms with Gasteiger partial charge in [-0.3, -0.25) is 15.2 Å². The predicted molar refractivity (Wildman–Crippen MR) is 214 cm³/mol. The van der Waals surface area contributed by atoms with Crippen LogP contribution < -0.4 is 15.0 Å². The van der Waals surface area contributed by atoms with Gasteiger partial charge in [-0.05, 0) is 85.9 Å². The van der Waals surface area contributed by atoms with Crippen molar-refractivity contribution >= 4 is 55.3 Å². The number of amides is 2. The lowest BCUT2D eigenvalue weighted by Crippen LogP contribution is -2.56. The highest BCUT2D eigenvalue weighted by Gasteiger charge is 2.45. The summed E-state index contributed by atoms with van der Waals surface area (Å²) in [5.41, 5.74) is -0.790. The maximum atomic E-state index is 17.8. The fourth-order valence-electron chi connectivity index (χ4n) is 8.81. The molecule has 4 aromatic rings. The van der Waals surface area contributed by atoms with Crippen LogP contribution in [0.2, 0.25) is 0 Å². The Morgan fingerprint density at radius 3 is 2.32 bits per heavy atom. The molecule has 4 aliphatic rings. The number of alkyl halides is 1. The van der Waals surface area contributed by atoms with Crippen molar-refractivity contribution in [1.29, 1.82) is 5.26 Å². The molecule has 2 amide bonds. The number of halogens is 3. The van der Waals surface area contributed by atoms with E-state index in [1.807, 2.05) is 32.7 Å². The molecule has 2 bridgehead atoms. The highest BCUT2D eigenvalue weighted by atomic mass is 32.1. The molecule has 14 nitrogen and oxygen atoms in total. The first-order valence-corrected chi connectivity index (χ1v) is 20.5. The lowest BCUT2D eigenvalue weighted by atomic mass is 9.93. The van der Waals surface area contributed by atoms with Crippen LogP contribution >= 0.6 is 11.3 Å². The van der Waals surface area contributed by atoms with Gasteiger partial charge < -0.3 is 28.7 Å². The summed E-state index contributed by atoms with van der Waals surface area (Å²) in [4.78, 5) is 45.8. The number of anilines is 2. The lowest BCUT2D eigenvalue weighted by molar-refractivity contribution is 0.0209. The van der Waals surface area contributed by atoms with Crippen molar-refractivity contribution in [3.63, 3.8) is 0 Å². The van der Waals surface area contributed by atoms with E-state index in [1.54, 1.807) is 32.6 Å². The minimum Gasteiger partial charge on any atom is -0.459 e. The third-order valence-corrected chi connectivity index (χ3v) is 12.3. The standard InChI is InChI=1S/C41H47F3N8O6S/c1-19(27-11-20(42)14-50(27)8)56-37-47-33-30(35(48-37)52-21-9-10-22(52)16-51(15-21)39(54)58-41(5,6)7)25-18-55-17-24(25)28(31(33)44)32-29-23(12-45)36(49-38(53)57-40(2,3)4)59-34(29)26(43)13-46-32/h13,19-22,27H,9-11,14-18H2,1-8H3,(H,49,53)/t19?,20-,21?,22?,27+/m1/s1. The molecule has 3 aromatic heterocycles. The second-order valence-corrected chi connectivity index (χ2v) is 18.8. The van der Waals surface area contributed by atoms with Gasteiger partial charge in [0.25, 0.3) is 0 Å². The normalized spacial score (nSPS) is 22.5. The first kappa shape index (κ1) is 40.8. The van der Waals surface area contributed by atoms with Crippen LogP contribution in [0.15, 0.2) is 6.20 Å². The number of nitrogens with one attached hydrogen (secondary N) is 1. The maximum absolute atomic E-state index is 17.8. The number of hydrogen-bond donors (Lipinski definition) is 1. The molecular weight excluding hydrogens is 790 g/mol. The molecule has 3 unspecified atom stereocenters. The Balaban J connectivity index is 1.30. The van der Waals surface area contributed by atoms with E-state index in [2.05, 4.69) is 21.3 Å². The zero-order valence-corrected chi connectivity index (χ0v) is 35.1. The number of carbonyl (C=O) groups excluding carboxylic acids is 2. The Morgan fingerprint density at radius 1 is 1.02 bits per heavy atom. The van der Waals surface area contributed by atoms with Crippen LogP contribution in [0.1, 0.15) is 84.4 Å². The third kappa shape index (κ3) is 7.57. The minimum atomic E-state index is -1.03. The van der Waals surface area contributed by atoms with Crippen LogP contribution in [0.25, 0.3) is 32.2 Å². The van der Waals surface area contributed by atoms with E-state index in [-0.39, 0.29) is 87.7 Å². The first-order chi connectivity index (χ1) is 27.8. The number of rotatable bonds is 6. The molecule has 0 spiro atoms. The van der Waals surface area contributed by atoms with Crippen LogP contribution in [0.5, 0.6) is 6.01 Å². The van der Waals surface area contributed by atoms with Gasteiger partial charge in [0, 0.05) is 48.7 Å². The molecule has 0 saturated carbocycles. The number of nitriles is 1. The molecular formula is C41H47F3N8O6S. The second-order valence-electron chi connectivity index (χ2n) is 17.7. The summed E-state index contributed by atoms with van der Waals surface area (Å²) in [6, 6.07) is 1.25. The molecule has 1 N–H and O–H groups in total. The van der Waals surface area contributed by atoms with E-state index in [0.29, 0.717) is 35.4 Å². The van der Waals surface area contributed by atoms with E-state index < -0.39 is 47.3 Å². The van der Waals surface area contributed by atoms with Gasteiger partial charge in [-0.15, -0.1) is 11.3 Å². The molecule has 4 aliphatic heterocycles. The summed E-state index contributed by atoms with van der Waals surface area (Å²) in [5, 5.41) is 13.4. The van der Waals surface area contributed by atoms with Crippen LogP contribution in [-0.2, 0) is 27.4 Å². The van der Waals surface area contributed by atoms with E-state index >= 15 is 8.78 Å². The van der Waals surface area contributed by atoms with Gasteiger partial charge in [0.2, 0.25) is 0 Å². The number of hydrogen-bond acceptors (Lipinski definition) is 13. The zero-order chi connectivity index (χ0) is 42.3. The molecule has 314 valence electrons. The van der Waals surface area contributed by atoms with Crippen LogP contribution in [0.3, 0.4) is 0 Å². The number of ether oxygens (including phenoxy) is 4. The molecule has 3 saturated heterocycles. The zero-order valence-electron chi connectivity index (χ0n) is 34.2. The molecule has 59 heavy (non-hydrogen) atoms. The van der Waals surface area contributed by atoms with E-state index in [9.17, 15) is 19.2 Å². The van der Waals surface area contributed by atoms with Crippen molar-refractivity contribution in [3.05, 3.63) is 34.5 Å². The Morgan fingerprint density at radius 2 is 1.69 bits per heavy atom. The molecule has 7 heterocycles. The number of benzene rings is 1. The number of aromatic nitrogens is 3. The molecule has 3 fully saturated rings. The van der Waals surface area contributed by atoms with Crippen molar-refractivity contribution in [3.8, 4) is 23.3 Å². The van der Waals surface area contributed by atoms with E-state index in [0.717, 1.165) is 30.4 Å². The van der Waals surface area contributed by atoms with Crippen LogP contribution in [0.4, 0.5) is 33.6 Å². The van der Waals surface area contributed by atoms with Gasteiger partial charge in [-0.1, -0.05) is 0 Å². The van der Waals surface area contributed by atoms with Crippen molar-refractivity contribution in [2.75, 3.05) is 36.9 Å². The highest BCUT2D eigenvalue weighted by Crippen LogP contribution is 2.49. The number of likely N-dealkylation sites (N-methyl/N-ethyl adjacent to an activating group) is 1. The second kappa shape index (κ2) is 14.9. The number of fused-ring (bicyclic) bond motifs is 6. The van der Waals surface area contributed by atoms with E-state index in [1.165, 1.54) is 0 Å². The van der Waals surface area contributed by atoms with Crippen molar-refractivity contribution in [1.82, 2.24) is 24.8 Å². The molecule has 8 rings (SSSR count). The Bertz CT molecular complexity index is 2400. The highest BCUT2D eigenvalue weighted by molar-refractivity contribution is 7.23. The average molecular weight is 837 g/mol. The predicted octanol–water partition coefficient (Wildman–Crippen LogP) is 7.83. The largest absolute Gasteiger partial charge is 0.459 e. The van der Waals surface area contributed by atoms with Gasteiger partial charge >= 0.3 is 18.2 Å². The first-order valence-electron chi connectivity index (χ1n) is 19.7. The fraction of sp³-hybridized carbons (Fsp3) is 0.561. The minimum absolute atomic E-state index is 0.0108. The number of carbonyl (C=O) groups is 2. The van der Waals surface area contributed by atoms with Crippen molar-refractivity contribution in [2.45, 2.75) is 123 Å². The molecule has 0 aliphatic carbocycles. The maximum Gasteiger partial charge on any atom is 0.412 e. The number of likely N-dealkylation sites (tertiary alicyclic amines) is 2. The average Bonchev–Trinajstić information content (AvgIpc) is 3.90. The number of piperazine rings is 1. The topological polar surface area (TPSA) is 155 Å². The summed E-state index contributed by atoms with van der Waals surface area (Å²) in [6.07, 6.45) is -0.195. The van der Waals surface area contributed by atoms with Gasteiger partial charge in [0.15, 0.2) is 11.6 Å². The Kier molecular flexibility index (Phi) is 10.3. The Labute approximate surface area is 343 Å². The quantitative estimate of drug-likeness (QED) is 0.201. The smallest absolute Gasteiger partial charge is 0.412 e. The van der Waals surface area contributed by atoms with Gasteiger partial charge in [-0.2, -0.15) is 15.2 Å². The van der Waals surface area contributed by atoms with Crippen molar-refractivity contribution < 1.29 is 41.7 Å².